The molecule has 0 fully saturated rings. The van der Waals surface area contributed by atoms with Crippen LogP contribution in [0, 0.1) is 5.92 Å². The standard InChI is InChI=1S/C24H28N2O5/c1-15(2)13-19(24(30)31-3)25-21(27)20(14-16-9-5-4-6-10-16)26-22(28)17-11-7-8-12-18(17)23(26)29/h4-12,15,19-20,22,28H,13-14H2,1-3H3,(H,25,27)/t19-,20-,22+/m0/s1. The minimum absolute atomic E-state index is 0.139. The van der Waals surface area contributed by atoms with Gasteiger partial charge in [-0.15, -0.1) is 0 Å². The number of hydrogen-bond donors (Lipinski definition) is 2. The van der Waals surface area contributed by atoms with Crippen LogP contribution in [0.15, 0.2) is 54.6 Å². The third kappa shape index (κ3) is 4.94. The van der Waals surface area contributed by atoms with E-state index < -0.39 is 36.1 Å². The Kier molecular flexibility index (Phi) is 7.07. The zero-order valence-electron chi connectivity index (χ0n) is 17.9. The normalized spacial score (nSPS) is 17.3. The largest absolute Gasteiger partial charge is 0.467 e. The van der Waals surface area contributed by atoms with Gasteiger partial charge in [-0.25, -0.2) is 4.79 Å². The number of rotatable bonds is 8. The van der Waals surface area contributed by atoms with E-state index in [9.17, 15) is 19.5 Å². The molecule has 2 aromatic rings. The molecule has 1 aliphatic rings. The maximum atomic E-state index is 13.4. The van der Waals surface area contributed by atoms with Gasteiger partial charge < -0.3 is 15.2 Å². The molecule has 0 saturated carbocycles. The van der Waals surface area contributed by atoms with Gasteiger partial charge in [-0.1, -0.05) is 62.4 Å². The van der Waals surface area contributed by atoms with Crippen molar-refractivity contribution in [1.82, 2.24) is 10.2 Å². The first kappa shape index (κ1) is 22.5. The van der Waals surface area contributed by atoms with Crippen LogP contribution in [0.3, 0.4) is 0 Å². The van der Waals surface area contributed by atoms with Gasteiger partial charge in [-0.3, -0.25) is 14.5 Å². The summed E-state index contributed by atoms with van der Waals surface area (Å²) in [5.74, 6) is -1.34. The lowest BCUT2D eigenvalue weighted by Crippen LogP contribution is -2.54. The van der Waals surface area contributed by atoms with E-state index in [1.807, 2.05) is 44.2 Å². The van der Waals surface area contributed by atoms with Crippen molar-refractivity contribution in [2.45, 2.75) is 45.0 Å². The Morgan fingerprint density at radius 1 is 1.10 bits per heavy atom. The highest BCUT2D eigenvalue weighted by atomic mass is 16.5. The zero-order valence-corrected chi connectivity index (χ0v) is 17.9. The molecule has 3 atom stereocenters. The van der Waals surface area contributed by atoms with Gasteiger partial charge in [0, 0.05) is 17.5 Å². The molecule has 2 N–H and O–H groups in total. The summed E-state index contributed by atoms with van der Waals surface area (Å²) in [5.41, 5.74) is 1.66. The first-order valence-electron chi connectivity index (χ1n) is 10.3. The van der Waals surface area contributed by atoms with Gasteiger partial charge in [-0.05, 0) is 24.0 Å². The summed E-state index contributed by atoms with van der Waals surface area (Å²) in [4.78, 5) is 39.9. The van der Waals surface area contributed by atoms with E-state index in [1.165, 1.54) is 12.0 Å². The lowest BCUT2D eigenvalue weighted by molar-refractivity contribution is -0.146. The number of ether oxygens (including phenoxy) is 1. The quantitative estimate of drug-likeness (QED) is 0.635. The smallest absolute Gasteiger partial charge is 0.328 e. The number of aliphatic hydroxyl groups is 1. The average Bonchev–Trinajstić information content (AvgIpc) is 3.01. The summed E-state index contributed by atoms with van der Waals surface area (Å²) < 4.78 is 4.85. The number of methoxy groups -OCH3 is 1. The Morgan fingerprint density at radius 2 is 1.74 bits per heavy atom. The Labute approximate surface area is 182 Å². The van der Waals surface area contributed by atoms with Crippen molar-refractivity contribution in [3.63, 3.8) is 0 Å². The molecule has 7 heteroatoms. The fraction of sp³-hybridized carbons (Fsp3) is 0.375. The Balaban J connectivity index is 1.92. The van der Waals surface area contributed by atoms with E-state index in [1.54, 1.807) is 24.3 Å². The second kappa shape index (κ2) is 9.75. The topological polar surface area (TPSA) is 95.9 Å². The first-order valence-corrected chi connectivity index (χ1v) is 10.3. The molecule has 3 rings (SSSR count). The van der Waals surface area contributed by atoms with Crippen molar-refractivity contribution in [3.05, 3.63) is 71.3 Å². The van der Waals surface area contributed by atoms with E-state index in [2.05, 4.69) is 5.32 Å². The number of benzene rings is 2. The highest BCUT2D eigenvalue weighted by molar-refractivity contribution is 6.02. The van der Waals surface area contributed by atoms with E-state index in [0.29, 0.717) is 17.5 Å². The third-order valence-corrected chi connectivity index (χ3v) is 5.39. The van der Waals surface area contributed by atoms with Crippen molar-refractivity contribution in [1.29, 1.82) is 0 Å². The SMILES string of the molecule is COC(=O)[C@H](CC(C)C)NC(=O)[C@H](Cc1ccccc1)N1C(=O)c2ccccc2[C@H]1O. The molecule has 2 amide bonds. The number of carbonyl (C=O) groups is 3. The van der Waals surface area contributed by atoms with Crippen LogP contribution in [-0.2, 0) is 20.7 Å². The number of aliphatic hydroxyl groups excluding tert-OH is 1. The molecule has 31 heavy (non-hydrogen) atoms. The number of nitrogens with zero attached hydrogens (tertiary/aromatic N) is 1. The Bertz CT molecular complexity index is 944. The van der Waals surface area contributed by atoms with Gasteiger partial charge in [0.1, 0.15) is 12.1 Å². The predicted octanol–water partition coefficient (Wildman–Crippen LogP) is 2.45. The lowest BCUT2D eigenvalue weighted by Gasteiger charge is -2.31. The molecule has 0 unspecified atom stereocenters. The molecule has 2 aromatic carbocycles. The molecule has 0 saturated heterocycles. The van der Waals surface area contributed by atoms with Crippen molar-refractivity contribution in [3.8, 4) is 0 Å². The first-order chi connectivity index (χ1) is 14.8. The number of hydrogen-bond acceptors (Lipinski definition) is 5. The van der Waals surface area contributed by atoms with E-state index >= 15 is 0 Å². The minimum Gasteiger partial charge on any atom is -0.467 e. The third-order valence-electron chi connectivity index (χ3n) is 5.39. The highest BCUT2D eigenvalue weighted by Gasteiger charge is 2.43. The molecular formula is C24H28N2O5. The molecule has 0 spiro atoms. The van der Waals surface area contributed by atoms with E-state index in [0.717, 1.165) is 5.56 Å². The molecule has 7 nitrogen and oxygen atoms in total. The average molecular weight is 424 g/mol. The molecule has 0 aliphatic carbocycles. The van der Waals surface area contributed by atoms with Crippen LogP contribution in [0.5, 0.6) is 0 Å². The number of nitrogens with one attached hydrogen (secondary N) is 1. The highest BCUT2D eigenvalue weighted by Crippen LogP contribution is 2.34. The van der Waals surface area contributed by atoms with Crippen molar-refractivity contribution in [2.24, 2.45) is 5.92 Å². The van der Waals surface area contributed by atoms with Gasteiger partial charge in [0.15, 0.2) is 6.23 Å². The number of amides is 2. The van der Waals surface area contributed by atoms with Crippen molar-refractivity contribution >= 4 is 17.8 Å². The number of esters is 1. The van der Waals surface area contributed by atoms with Gasteiger partial charge in [-0.2, -0.15) is 0 Å². The van der Waals surface area contributed by atoms with Crippen molar-refractivity contribution < 1.29 is 24.2 Å². The fourth-order valence-electron chi connectivity index (χ4n) is 3.88. The van der Waals surface area contributed by atoms with Gasteiger partial charge in [0.2, 0.25) is 5.91 Å². The van der Waals surface area contributed by atoms with Crippen LogP contribution in [0.1, 0.15) is 48.0 Å². The lowest BCUT2D eigenvalue weighted by atomic mass is 10.0. The van der Waals surface area contributed by atoms with Crippen molar-refractivity contribution in [2.75, 3.05) is 7.11 Å². The molecule has 1 heterocycles. The monoisotopic (exact) mass is 424 g/mol. The molecule has 0 bridgehead atoms. The second-order valence-electron chi connectivity index (χ2n) is 8.09. The fourth-order valence-corrected chi connectivity index (χ4v) is 3.88. The van der Waals surface area contributed by atoms with Gasteiger partial charge in [0.05, 0.1) is 7.11 Å². The Morgan fingerprint density at radius 3 is 2.35 bits per heavy atom. The van der Waals surface area contributed by atoms with E-state index in [-0.39, 0.29) is 12.3 Å². The summed E-state index contributed by atoms with van der Waals surface area (Å²) in [6.07, 6.45) is -0.656. The molecular weight excluding hydrogens is 396 g/mol. The van der Waals surface area contributed by atoms with Gasteiger partial charge in [0.25, 0.3) is 5.91 Å². The zero-order chi connectivity index (χ0) is 22.5. The van der Waals surface area contributed by atoms with Crippen LogP contribution in [0.25, 0.3) is 0 Å². The Hall–Kier alpha value is -3.19. The number of carbonyl (C=O) groups excluding carboxylic acids is 3. The second-order valence-corrected chi connectivity index (χ2v) is 8.09. The minimum atomic E-state index is -1.25. The van der Waals surface area contributed by atoms with Crippen LogP contribution in [-0.4, -0.2) is 47.0 Å². The number of fused-ring (bicyclic) bond motifs is 1. The molecule has 1 aliphatic heterocycles. The summed E-state index contributed by atoms with van der Waals surface area (Å²) in [5, 5.41) is 13.6. The maximum absolute atomic E-state index is 13.4. The van der Waals surface area contributed by atoms with Crippen LogP contribution >= 0.6 is 0 Å². The van der Waals surface area contributed by atoms with Crippen LogP contribution in [0.4, 0.5) is 0 Å². The van der Waals surface area contributed by atoms with Gasteiger partial charge >= 0.3 is 5.97 Å². The summed E-state index contributed by atoms with van der Waals surface area (Å²) in [6, 6.07) is 14.2. The van der Waals surface area contributed by atoms with Crippen LogP contribution < -0.4 is 5.32 Å². The summed E-state index contributed by atoms with van der Waals surface area (Å²) in [7, 11) is 1.27. The maximum Gasteiger partial charge on any atom is 0.328 e. The predicted molar refractivity (Wildman–Crippen MR) is 115 cm³/mol. The summed E-state index contributed by atoms with van der Waals surface area (Å²) in [6.45, 7) is 3.88. The molecule has 0 aromatic heterocycles. The molecule has 164 valence electrons. The summed E-state index contributed by atoms with van der Waals surface area (Å²) >= 11 is 0. The van der Waals surface area contributed by atoms with E-state index in [4.69, 9.17) is 4.74 Å². The van der Waals surface area contributed by atoms with Crippen LogP contribution in [0.2, 0.25) is 0 Å². The molecule has 0 radical (unpaired) electrons.